The van der Waals surface area contributed by atoms with Gasteiger partial charge in [0.2, 0.25) is 0 Å². The molecule has 84 valence electrons. The van der Waals surface area contributed by atoms with Crippen molar-refractivity contribution >= 4 is 5.97 Å². The van der Waals surface area contributed by atoms with Crippen molar-refractivity contribution < 1.29 is 9.90 Å². The number of carbonyl (C=O) groups is 1. The van der Waals surface area contributed by atoms with Crippen LogP contribution in [0.3, 0.4) is 0 Å². The molecule has 0 spiro atoms. The van der Waals surface area contributed by atoms with Crippen LogP contribution in [0.5, 0.6) is 0 Å². The Labute approximate surface area is 89.1 Å². The average Bonchev–Trinajstić information content (AvgIpc) is 2.57. The molecule has 1 N–H and O–H groups in total. The Morgan fingerprint density at radius 2 is 2.13 bits per heavy atom. The van der Waals surface area contributed by atoms with Gasteiger partial charge in [0.1, 0.15) is 5.82 Å². The molecule has 1 heterocycles. The highest BCUT2D eigenvalue weighted by molar-refractivity contribution is 5.70. The molecule has 2 unspecified atom stereocenters. The molecule has 5 nitrogen and oxygen atoms in total. The van der Waals surface area contributed by atoms with Crippen LogP contribution in [0.15, 0.2) is 0 Å². The molecule has 0 aliphatic heterocycles. The van der Waals surface area contributed by atoms with Gasteiger partial charge in [0.05, 0.1) is 5.92 Å². The lowest BCUT2D eigenvalue weighted by Gasteiger charge is -2.14. The molecule has 0 aliphatic carbocycles. The maximum absolute atomic E-state index is 10.8. The van der Waals surface area contributed by atoms with Gasteiger partial charge < -0.3 is 5.11 Å². The summed E-state index contributed by atoms with van der Waals surface area (Å²) in [5.41, 5.74) is 0. The van der Waals surface area contributed by atoms with Crippen LogP contribution in [0.1, 0.15) is 38.3 Å². The predicted molar refractivity (Wildman–Crippen MR) is 55.6 cm³/mol. The van der Waals surface area contributed by atoms with Crippen LogP contribution in [0, 0.1) is 5.92 Å². The molecule has 5 heteroatoms. The lowest BCUT2D eigenvalue weighted by Crippen LogP contribution is -2.19. The zero-order valence-corrected chi connectivity index (χ0v) is 9.56. The van der Waals surface area contributed by atoms with Crippen molar-refractivity contribution in [2.45, 2.75) is 33.1 Å². The van der Waals surface area contributed by atoms with Gasteiger partial charge in [-0.15, -0.1) is 0 Å². The number of aromatic nitrogens is 3. The minimum Gasteiger partial charge on any atom is -0.481 e. The molecular formula is C10H17N3O2. The average molecular weight is 211 g/mol. The molecule has 1 aromatic rings. The van der Waals surface area contributed by atoms with Crippen molar-refractivity contribution in [1.82, 2.24) is 14.8 Å². The molecule has 0 bridgehead atoms. The van der Waals surface area contributed by atoms with E-state index in [0.717, 1.165) is 18.1 Å². The SMILES string of the molecule is CCc1nc(C(C)C(C)C(=O)O)n(C)n1. The molecule has 0 saturated heterocycles. The molecule has 1 rings (SSSR count). The standard InChI is InChI=1S/C10H17N3O2/c1-5-8-11-9(13(4)12-8)6(2)7(3)10(14)15/h6-7H,5H2,1-4H3,(H,14,15). The fraction of sp³-hybridized carbons (Fsp3) is 0.700. The van der Waals surface area contributed by atoms with Crippen molar-refractivity contribution in [1.29, 1.82) is 0 Å². The quantitative estimate of drug-likeness (QED) is 0.812. The monoisotopic (exact) mass is 211 g/mol. The summed E-state index contributed by atoms with van der Waals surface area (Å²) in [6, 6.07) is 0. The Morgan fingerprint density at radius 3 is 2.53 bits per heavy atom. The van der Waals surface area contributed by atoms with Gasteiger partial charge in [-0.25, -0.2) is 4.98 Å². The molecule has 15 heavy (non-hydrogen) atoms. The van der Waals surface area contributed by atoms with E-state index in [1.165, 1.54) is 0 Å². The third kappa shape index (κ3) is 2.34. The number of carboxylic acids is 1. The van der Waals surface area contributed by atoms with E-state index >= 15 is 0 Å². The second-order valence-corrected chi connectivity index (χ2v) is 3.78. The van der Waals surface area contributed by atoms with Crippen LogP contribution in [0.2, 0.25) is 0 Å². The summed E-state index contributed by atoms with van der Waals surface area (Å²) in [6.07, 6.45) is 0.766. The molecule has 0 radical (unpaired) electrons. The second-order valence-electron chi connectivity index (χ2n) is 3.78. The summed E-state index contributed by atoms with van der Waals surface area (Å²) in [5, 5.41) is 13.1. The van der Waals surface area contributed by atoms with E-state index in [1.54, 1.807) is 18.7 Å². The van der Waals surface area contributed by atoms with Crippen LogP contribution in [0.25, 0.3) is 0 Å². The first-order chi connectivity index (χ1) is 6.97. The lowest BCUT2D eigenvalue weighted by atomic mass is 9.95. The topological polar surface area (TPSA) is 68.0 Å². The second kappa shape index (κ2) is 4.42. The van der Waals surface area contributed by atoms with Gasteiger partial charge in [0.25, 0.3) is 0 Å². The van der Waals surface area contributed by atoms with Crippen molar-refractivity contribution in [3.63, 3.8) is 0 Å². The highest BCUT2D eigenvalue weighted by atomic mass is 16.4. The van der Waals surface area contributed by atoms with Crippen LogP contribution >= 0.6 is 0 Å². The van der Waals surface area contributed by atoms with Crippen LogP contribution in [0.4, 0.5) is 0 Å². The van der Waals surface area contributed by atoms with Gasteiger partial charge in [-0.1, -0.05) is 20.8 Å². The number of aryl methyl sites for hydroxylation is 2. The summed E-state index contributed by atoms with van der Waals surface area (Å²) in [5.74, 6) is 0.125. The minimum atomic E-state index is -0.802. The third-order valence-electron chi connectivity index (χ3n) is 2.70. The van der Waals surface area contributed by atoms with Gasteiger partial charge in [-0.05, 0) is 0 Å². The summed E-state index contributed by atoms with van der Waals surface area (Å²) in [7, 11) is 1.80. The van der Waals surface area contributed by atoms with E-state index in [9.17, 15) is 4.79 Å². The Bertz CT molecular complexity index is 360. The lowest BCUT2D eigenvalue weighted by molar-refractivity contribution is -0.141. The van der Waals surface area contributed by atoms with Gasteiger partial charge in [0.15, 0.2) is 5.82 Å². The Hall–Kier alpha value is -1.39. The summed E-state index contributed by atoms with van der Waals surface area (Å²) >= 11 is 0. The van der Waals surface area contributed by atoms with E-state index in [1.807, 2.05) is 13.8 Å². The van der Waals surface area contributed by atoms with E-state index < -0.39 is 11.9 Å². The summed E-state index contributed by atoms with van der Waals surface area (Å²) in [4.78, 5) is 15.2. The number of carboxylic acid groups (broad SMARTS) is 1. The largest absolute Gasteiger partial charge is 0.481 e. The minimum absolute atomic E-state index is 0.125. The van der Waals surface area contributed by atoms with E-state index in [2.05, 4.69) is 10.1 Å². The molecule has 0 fully saturated rings. The fourth-order valence-electron chi connectivity index (χ4n) is 1.44. The molecule has 0 aromatic carbocycles. The van der Waals surface area contributed by atoms with Crippen molar-refractivity contribution in [3.05, 3.63) is 11.6 Å². The molecule has 0 saturated carbocycles. The molecule has 1 aromatic heterocycles. The maximum atomic E-state index is 10.8. The van der Waals surface area contributed by atoms with Gasteiger partial charge >= 0.3 is 5.97 Å². The number of rotatable bonds is 4. The van der Waals surface area contributed by atoms with Gasteiger partial charge in [0, 0.05) is 19.4 Å². The van der Waals surface area contributed by atoms with Crippen LogP contribution in [-0.2, 0) is 18.3 Å². The van der Waals surface area contributed by atoms with E-state index in [-0.39, 0.29) is 5.92 Å². The number of hydrogen-bond donors (Lipinski definition) is 1. The normalized spacial score (nSPS) is 14.9. The molecule has 2 atom stereocenters. The first-order valence-electron chi connectivity index (χ1n) is 5.10. The first-order valence-corrected chi connectivity index (χ1v) is 5.10. The predicted octanol–water partition coefficient (Wildman–Crippen LogP) is 1.20. The maximum Gasteiger partial charge on any atom is 0.306 e. The Balaban J connectivity index is 2.94. The molecule has 0 aliphatic rings. The Morgan fingerprint density at radius 1 is 1.53 bits per heavy atom. The summed E-state index contributed by atoms with van der Waals surface area (Å²) < 4.78 is 1.67. The van der Waals surface area contributed by atoms with E-state index in [0.29, 0.717) is 0 Å². The first kappa shape index (κ1) is 11.7. The number of nitrogens with zero attached hydrogens (tertiary/aromatic N) is 3. The van der Waals surface area contributed by atoms with Gasteiger partial charge in [-0.2, -0.15) is 5.10 Å². The van der Waals surface area contributed by atoms with E-state index in [4.69, 9.17) is 5.11 Å². The van der Waals surface area contributed by atoms with Gasteiger partial charge in [-0.3, -0.25) is 9.48 Å². The number of hydrogen-bond acceptors (Lipinski definition) is 3. The number of aliphatic carboxylic acids is 1. The summed E-state index contributed by atoms with van der Waals surface area (Å²) in [6.45, 7) is 5.53. The van der Waals surface area contributed by atoms with Crippen LogP contribution < -0.4 is 0 Å². The van der Waals surface area contributed by atoms with Crippen molar-refractivity contribution in [2.24, 2.45) is 13.0 Å². The highest BCUT2D eigenvalue weighted by Gasteiger charge is 2.25. The zero-order valence-electron chi connectivity index (χ0n) is 9.56. The zero-order chi connectivity index (χ0) is 11.6. The molecule has 0 amide bonds. The molecular weight excluding hydrogens is 194 g/mol. The van der Waals surface area contributed by atoms with Crippen molar-refractivity contribution in [2.75, 3.05) is 0 Å². The van der Waals surface area contributed by atoms with Crippen molar-refractivity contribution in [3.8, 4) is 0 Å². The fourth-order valence-corrected chi connectivity index (χ4v) is 1.44. The smallest absolute Gasteiger partial charge is 0.306 e. The third-order valence-corrected chi connectivity index (χ3v) is 2.70. The highest BCUT2D eigenvalue weighted by Crippen LogP contribution is 2.22. The van der Waals surface area contributed by atoms with Crippen LogP contribution in [-0.4, -0.2) is 25.8 Å². The Kier molecular flexibility index (Phi) is 3.44.